The highest BCUT2D eigenvalue weighted by Gasteiger charge is 2.32. The van der Waals surface area contributed by atoms with E-state index in [-0.39, 0.29) is 16.7 Å². The smallest absolute Gasteiger partial charge is 0.229 e. The zero-order chi connectivity index (χ0) is 29.3. The molecule has 0 saturated heterocycles. The van der Waals surface area contributed by atoms with E-state index < -0.39 is 11.5 Å². The molecular weight excluding hydrogens is 492 g/mol. The predicted octanol–water partition coefficient (Wildman–Crippen LogP) is 7.14. The summed E-state index contributed by atoms with van der Waals surface area (Å²) in [4.78, 5) is 22.5. The zero-order valence-corrected chi connectivity index (χ0v) is 25.2. The number of rotatable bonds is 7. The molecule has 0 aliphatic carbocycles. The number of benzene rings is 2. The average molecular weight is 537 g/mol. The fraction of sp³-hybridized carbons (Fsp3) is 0.516. The number of carbonyl (C=O) groups excluding carboxylic acids is 1. The molecule has 0 spiro atoms. The molecule has 0 aliphatic rings. The van der Waals surface area contributed by atoms with E-state index in [2.05, 4.69) is 76.1 Å². The van der Waals surface area contributed by atoms with Crippen LogP contribution in [0.1, 0.15) is 96.5 Å². The summed E-state index contributed by atoms with van der Waals surface area (Å²) < 4.78 is 5.45. The van der Waals surface area contributed by atoms with Gasteiger partial charge in [-0.05, 0) is 52.6 Å². The minimum absolute atomic E-state index is 0.126. The molecule has 1 atom stereocenters. The van der Waals surface area contributed by atoms with Gasteiger partial charge in [0.05, 0.1) is 12.8 Å². The van der Waals surface area contributed by atoms with Gasteiger partial charge in [-0.3, -0.25) is 15.2 Å². The first kappa shape index (κ1) is 30.3. The van der Waals surface area contributed by atoms with Crippen molar-refractivity contribution in [1.29, 1.82) is 0 Å². The Morgan fingerprint density at radius 2 is 1.59 bits per heavy atom. The zero-order valence-electron chi connectivity index (χ0n) is 25.2. The van der Waals surface area contributed by atoms with E-state index in [1.165, 1.54) is 5.56 Å². The summed E-state index contributed by atoms with van der Waals surface area (Å²) in [5.74, 6) is 1.45. The van der Waals surface area contributed by atoms with E-state index in [1.807, 2.05) is 26.8 Å². The first-order valence-corrected chi connectivity index (χ1v) is 13.3. The maximum absolute atomic E-state index is 12.6. The quantitative estimate of drug-likeness (QED) is 0.219. The molecule has 3 N–H and O–H groups in total. The summed E-state index contributed by atoms with van der Waals surface area (Å²) in [6.07, 6.45) is -0.352. The second kappa shape index (κ2) is 11.1. The maximum atomic E-state index is 12.6. The van der Waals surface area contributed by atoms with E-state index in [9.17, 15) is 10.1 Å². The van der Waals surface area contributed by atoms with E-state index in [0.29, 0.717) is 35.1 Å². The van der Waals surface area contributed by atoms with E-state index in [4.69, 9.17) is 14.6 Å². The number of hydrogen-bond donors (Lipinski definition) is 3. The van der Waals surface area contributed by atoms with Crippen LogP contribution in [0, 0.1) is 12.3 Å². The lowest BCUT2D eigenvalue weighted by Gasteiger charge is -2.33. The van der Waals surface area contributed by atoms with Crippen LogP contribution in [-0.4, -0.2) is 33.5 Å². The van der Waals surface area contributed by atoms with Crippen LogP contribution in [0.3, 0.4) is 0 Å². The number of nitrogens with one attached hydrogen (secondary N) is 2. The van der Waals surface area contributed by atoms with E-state index in [1.54, 1.807) is 19.2 Å². The average Bonchev–Trinajstić information content (AvgIpc) is 3.29. The van der Waals surface area contributed by atoms with Crippen LogP contribution >= 0.6 is 0 Å². The predicted molar refractivity (Wildman–Crippen MR) is 155 cm³/mol. The minimum atomic E-state index is -0.646. The Morgan fingerprint density at radius 1 is 1.00 bits per heavy atom. The van der Waals surface area contributed by atoms with Crippen molar-refractivity contribution in [2.45, 2.75) is 92.6 Å². The number of H-pyrrole nitrogens is 1. The molecule has 3 rings (SSSR count). The molecule has 0 radical (unpaired) electrons. The second-order valence-corrected chi connectivity index (χ2v) is 13.3. The van der Waals surface area contributed by atoms with Crippen molar-refractivity contribution in [2.24, 2.45) is 5.41 Å². The van der Waals surface area contributed by atoms with Crippen molar-refractivity contribution in [2.75, 3.05) is 12.4 Å². The van der Waals surface area contributed by atoms with E-state index >= 15 is 0 Å². The standard InChI is InChI=1S/C31H44N4O4/c1-18-14-20(29(2,3)4)26(21(15-18)30(5,6)7)24(39-37)17-25-33-27(35-34-25)19-12-13-23(38-11)22(16-19)32-28(36)31(8,9)10/h12-16,24,37H,17H2,1-11H3,(H,32,36)(H,33,34,35). The van der Waals surface area contributed by atoms with Gasteiger partial charge in [0.25, 0.3) is 0 Å². The number of ether oxygens (including phenoxy) is 1. The Labute approximate surface area is 232 Å². The highest BCUT2D eigenvalue weighted by molar-refractivity contribution is 5.96. The van der Waals surface area contributed by atoms with Gasteiger partial charge in [0.2, 0.25) is 5.91 Å². The summed E-state index contributed by atoms with van der Waals surface area (Å²) in [7, 11) is 1.56. The summed E-state index contributed by atoms with van der Waals surface area (Å²) in [6, 6.07) is 9.76. The summed E-state index contributed by atoms with van der Waals surface area (Å²) in [5, 5.41) is 20.5. The highest BCUT2D eigenvalue weighted by Crippen LogP contribution is 2.40. The third-order valence-corrected chi connectivity index (χ3v) is 6.69. The molecule has 0 aliphatic heterocycles. The number of nitrogens with zero attached hydrogens (tertiary/aromatic N) is 2. The lowest BCUT2D eigenvalue weighted by molar-refractivity contribution is -0.282. The van der Waals surface area contributed by atoms with Gasteiger partial charge in [0.1, 0.15) is 17.7 Å². The number of amides is 1. The van der Waals surface area contributed by atoms with E-state index in [0.717, 1.165) is 16.7 Å². The second-order valence-electron chi connectivity index (χ2n) is 13.3. The Hall–Kier alpha value is -3.23. The van der Waals surface area contributed by atoms with Crippen LogP contribution in [0.5, 0.6) is 5.75 Å². The number of carbonyl (C=O) groups is 1. The Bertz CT molecular complexity index is 1290. The topological polar surface area (TPSA) is 109 Å². The fourth-order valence-corrected chi connectivity index (χ4v) is 4.52. The first-order chi connectivity index (χ1) is 18.0. The third kappa shape index (κ3) is 7.05. The molecular formula is C31H44N4O4. The normalized spacial score (nSPS) is 13.3. The molecule has 1 unspecified atom stereocenters. The Balaban J connectivity index is 2.00. The molecule has 2 aromatic carbocycles. The SMILES string of the molecule is COc1ccc(-c2n[nH]c(CC(OO)c3c(C(C)(C)C)cc(C)cc3C(C)(C)C)n2)cc1NC(=O)C(C)(C)C. The fourth-order valence-electron chi connectivity index (χ4n) is 4.52. The van der Waals surface area contributed by atoms with Crippen molar-refractivity contribution in [3.63, 3.8) is 0 Å². The molecule has 0 fully saturated rings. The molecule has 0 bridgehead atoms. The van der Waals surface area contributed by atoms with Crippen molar-refractivity contribution >= 4 is 11.6 Å². The van der Waals surface area contributed by atoms with Gasteiger partial charge in [-0.15, -0.1) is 0 Å². The van der Waals surface area contributed by atoms with Crippen molar-refractivity contribution in [3.8, 4) is 17.1 Å². The van der Waals surface area contributed by atoms with Gasteiger partial charge in [0.15, 0.2) is 5.82 Å². The van der Waals surface area contributed by atoms with Crippen LogP contribution in [0.4, 0.5) is 5.69 Å². The third-order valence-electron chi connectivity index (χ3n) is 6.69. The molecule has 212 valence electrons. The van der Waals surface area contributed by atoms with Crippen LogP contribution in [0.15, 0.2) is 30.3 Å². The van der Waals surface area contributed by atoms with Crippen molar-refractivity contribution in [1.82, 2.24) is 15.2 Å². The molecule has 8 nitrogen and oxygen atoms in total. The van der Waals surface area contributed by atoms with Crippen molar-refractivity contribution in [3.05, 3.63) is 58.4 Å². The summed E-state index contributed by atoms with van der Waals surface area (Å²) in [6.45, 7) is 20.6. The Morgan fingerprint density at radius 3 is 2.08 bits per heavy atom. The largest absolute Gasteiger partial charge is 0.495 e. The van der Waals surface area contributed by atoms with Gasteiger partial charge >= 0.3 is 0 Å². The molecule has 0 saturated carbocycles. The highest BCUT2D eigenvalue weighted by atomic mass is 17.1. The molecule has 1 amide bonds. The van der Waals surface area contributed by atoms with Crippen LogP contribution in [0.25, 0.3) is 11.4 Å². The molecule has 3 aromatic rings. The monoisotopic (exact) mass is 536 g/mol. The molecule has 8 heteroatoms. The van der Waals surface area contributed by atoms with Crippen LogP contribution < -0.4 is 10.1 Å². The Kier molecular flexibility index (Phi) is 8.63. The van der Waals surface area contributed by atoms with Gasteiger partial charge in [-0.1, -0.05) is 80.0 Å². The van der Waals surface area contributed by atoms with Gasteiger partial charge in [-0.2, -0.15) is 5.10 Å². The lowest BCUT2D eigenvalue weighted by atomic mass is 9.73. The minimum Gasteiger partial charge on any atom is -0.495 e. The maximum Gasteiger partial charge on any atom is 0.229 e. The number of methoxy groups -OCH3 is 1. The molecule has 1 aromatic heterocycles. The molecule has 39 heavy (non-hydrogen) atoms. The summed E-state index contributed by atoms with van der Waals surface area (Å²) in [5.41, 5.74) is 4.75. The lowest BCUT2D eigenvalue weighted by Crippen LogP contribution is -2.27. The number of aromatic nitrogens is 3. The number of anilines is 1. The number of hydrogen-bond acceptors (Lipinski definition) is 6. The number of aryl methyl sites for hydroxylation is 1. The summed E-state index contributed by atoms with van der Waals surface area (Å²) >= 11 is 0. The molecule has 1 heterocycles. The van der Waals surface area contributed by atoms with Gasteiger partial charge in [0, 0.05) is 17.4 Å². The van der Waals surface area contributed by atoms with Crippen molar-refractivity contribution < 1.29 is 19.7 Å². The van der Waals surface area contributed by atoms with Gasteiger partial charge in [-0.25, -0.2) is 9.87 Å². The number of aromatic amines is 1. The van der Waals surface area contributed by atoms with Crippen LogP contribution in [-0.2, 0) is 26.9 Å². The first-order valence-electron chi connectivity index (χ1n) is 13.3. The van der Waals surface area contributed by atoms with Gasteiger partial charge < -0.3 is 10.1 Å². The van der Waals surface area contributed by atoms with Crippen LogP contribution in [0.2, 0.25) is 0 Å².